The molecule has 0 atom stereocenters. The van der Waals surface area contributed by atoms with Gasteiger partial charge in [0.05, 0.1) is 4.90 Å². The van der Waals surface area contributed by atoms with Crippen molar-refractivity contribution in [2.24, 2.45) is 0 Å². The Labute approximate surface area is 113 Å². The number of phenols is 1. The van der Waals surface area contributed by atoms with Crippen LogP contribution in [0.4, 0.5) is 13.2 Å². The van der Waals surface area contributed by atoms with Crippen molar-refractivity contribution < 1.29 is 30.9 Å². The van der Waals surface area contributed by atoms with Gasteiger partial charge in [0.25, 0.3) is 0 Å². The van der Waals surface area contributed by atoms with Gasteiger partial charge in [-0.3, -0.25) is 0 Å². The molecule has 1 rings (SSSR count). The molecule has 1 N–H and O–H groups in total. The highest BCUT2D eigenvalue weighted by Gasteiger charge is 2.49. The lowest BCUT2D eigenvalue weighted by atomic mass is 10.0. The van der Waals surface area contributed by atoms with Gasteiger partial charge in [0.1, 0.15) is 11.5 Å². The van der Waals surface area contributed by atoms with Crippen LogP contribution in [0.3, 0.4) is 0 Å². The van der Waals surface area contributed by atoms with Crippen molar-refractivity contribution in [1.82, 2.24) is 0 Å². The summed E-state index contributed by atoms with van der Waals surface area (Å²) in [6, 6.07) is 0. The molecule has 0 aliphatic carbocycles. The van der Waals surface area contributed by atoms with Crippen molar-refractivity contribution in [2.75, 3.05) is 0 Å². The molecular formula is C10H11F3O4S2. The quantitative estimate of drug-likeness (QED) is 0.500. The largest absolute Gasteiger partial charge is 0.534 e. The first-order chi connectivity index (χ1) is 8.40. The zero-order valence-corrected chi connectivity index (χ0v) is 11.9. The van der Waals surface area contributed by atoms with E-state index in [4.69, 9.17) is 0 Å². The van der Waals surface area contributed by atoms with E-state index in [2.05, 4.69) is 16.8 Å². The maximum Gasteiger partial charge on any atom is 0.534 e. The number of hydrogen-bond donors (Lipinski definition) is 2. The van der Waals surface area contributed by atoms with E-state index in [1.54, 1.807) is 0 Å². The third-order valence-electron chi connectivity index (χ3n) is 2.65. The Morgan fingerprint density at radius 1 is 1.11 bits per heavy atom. The Morgan fingerprint density at radius 2 is 1.58 bits per heavy atom. The summed E-state index contributed by atoms with van der Waals surface area (Å²) in [6.45, 7) is 4.06. The van der Waals surface area contributed by atoms with Crippen LogP contribution in [0, 0.1) is 20.8 Å². The summed E-state index contributed by atoms with van der Waals surface area (Å²) in [6.07, 6.45) is 0. The van der Waals surface area contributed by atoms with E-state index in [9.17, 15) is 26.7 Å². The number of thiol groups is 1. The van der Waals surface area contributed by atoms with Gasteiger partial charge < -0.3 is 9.29 Å². The minimum atomic E-state index is -5.76. The first-order valence-electron chi connectivity index (χ1n) is 4.92. The van der Waals surface area contributed by atoms with Gasteiger partial charge >= 0.3 is 15.6 Å². The number of halogens is 3. The van der Waals surface area contributed by atoms with Gasteiger partial charge in [0.2, 0.25) is 0 Å². The van der Waals surface area contributed by atoms with Gasteiger partial charge in [-0.15, -0.1) is 12.6 Å². The van der Waals surface area contributed by atoms with Crippen LogP contribution in [0.25, 0.3) is 0 Å². The molecule has 0 fully saturated rings. The summed E-state index contributed by atoms with van der Waals surface area (Å²) in [7, 11) is -5.76. The number of aromatic hydroxyl groups is 1. The monoisotopic (exact) mass is 316 g/mol. The lowest BCUT2D eigenvalue weighted by Crippen LogP contribution is -2.28. The summed E-state index contributed by atoms with van der Waals surface area (Å²) >= 11 is 3.91. The maximum absolute atomic E-state index is 12.3. The number of hydrogen-bond acceptors (Lipinski definition) is 5. The van der Waals surface area contributed by atoms with Crippen LogP contribution in [-0.4, -0.2) is 19.0 Å². The van der Waals surface area contributed by atoms with E-state index >= 15 is 0 Å². The summed E-state index contributed by atoms with van der Waals surface area (Å²) in [4.78, 5) is -0.0320. The maximum atomic E-state index is 12.3. The van der Waals surface area contributed by atoms with Crippen LogP contribution >= 0.6 is 12.6 Å². The minimum Gasteiger partial charge on any atom is -0.506 e. The molecule has 0 unspecified atom stereocenters. The molecule has 0 bridgehead atoms. The van der Waals surface area contributed by atoms with Crippen molar-refractivity contribution in [3.8, 4) is 11.5 Å². The normalized spacial score (nSPS) is 12.6. The Balaban J connectivity index is 3.48. The predicted molar refractivity (Wildman–Crippen MR) is 65.2 cm³/mol. The van der Waals surface area contributed by atoms with E-state index in [0.717, 1.165) is 0 Å². The molecule has 0 saturated carbocycles. The summed E-state index contributed by atoms with van der Waals surface area (Å²) in [5.74, 6) is -0.701. The van der Waals surface area contributed by atoms with E-state index in [-0.39, 0.29) is 27.3 Å². The van der Waals surface area contributed by atoms with Crippen molar-refractivity contribution >= 4 is 22.7 Å². The first kappa shape index (κ1) is 16.0. The molecule has 0 heterocycles. The molecule has 4 nitrogen and oxygen atoms in total. The minimum absolute atomic E-state index is 0.0109. The second-order valence-corrected chi connectivity index (χ2v) is 5.87. The van der Waals surface area contributed by atoms with Crippen LogP contribution in [0.2, 0.25) is 0 Å². The number of phenolic OH excluding ortho intramolecular Hbond substituents is 1. The van der Waals surface area contributed by atoms with Gasteiger partial charge in [0, 0.05) is 5.56 Å². The van der Waals surface area contributed by atoms with Crippen LogP contribution in [-0.2, 0) is 10.1 Å². The molecule has 9 heteroatoms. The molecule has 0 saturated heterocycles. The molecule has 0 aliphatic rings. The third-order valence-corrected chi connectivity index (χ3v) is 4.16. The van der Waals surface area contributed by atoms with Gasteiger partial charge in [-0.2, -0.15) is 21.6 Å². The highest BCUT2D eigenvalue weighted by atomic mass is 32.2. The predicted octanol–water partition coefficient (Wildman–Crippen LogP) is 2.83. The molecule has 0 aliphatic heterocycles. The fraction of sp³-hybridized carbons (Fsp3) is 0.400. The SMILES string of the molecule is Cc1c(C)c(OS(=O)(=O)C(F)(F)F)c(C)c(S)c1O. The summed E-state index contributed by atoms with van der Waals surface area (Å²) < 4.78 is 63.0. The zero-order chi connectivity index (χ0) is 15.2. The van der Waals surface area contributed by atoms with Gasteiger partial charge in [0.15, 0.2) is 0 Å². The van der Waals surface area contributed by atoms with Crippen molar-refractivity contribution in [3.05, 3.63) is 16.7 Å². The van der Waals surface area contributed by atoms with E-state index in [1.165, 1.54) is 20.8 Å². The molecule has 1 aromatic carbocycles. The van der Waals surface area contributed by atoms with Crippen molar-refractivity contribution in [2.45, 2.75) is 31.2 Å². The van der Waals surface area contributed by atoms with Gasteiger partial charge in [-0.1, -0.05) is 0 Å². The molecule has 0 spiro atoms. The van der Waals surface area contributed by atoms with E-state index in [0.29, 0.717) is 0 Å². The Bertz CT molecular complexity index is 592. The fourth-order valence-corrected chi connectivity index (χ4v) is 2.21. The number of benzene rings is 1. The average Bonchev–Trinajstić information content (AvgIpc) is 2.28. The molecule has 19 heavy (non-hydrogen) atoms. The van der Waals surface area contributed by atoms with Crippen LogP contribution < -0.4 is 4.18 Å². The Kier molecular flexibility index (Phi) is 4.02. The van der Waals surface area contributed by atoms with Crippen molar-refractivity contribution in [1.29, 1.82) is 0 Å². The number of alkyl halides is 3. The van der Waals surface area contributed by atoms with E-state index < -0.39 is 21.4 Å². The molecule has 1 aromatic rings. The number of rotatable bonds is 2. The fourth-order valence-electron chi connectivity index (χ4n) is 1.37. The van der Waals surface area contributed by atoms with Gasteiger partial charge in [-0.05, 0) is 31.9 Å². The molecular weight excluding hydrogens is 305 g/mol. The highest BCUT2D eigenvalue weighted by molar-refractivity contribution is 7.88. The topological polar surface area (TPSA) is 63.6 Å². The lowest BCUT2D eigenvalue weighted by Gasteiger charge is -2.17. The average molecular weight is 316 g/mol. The second kappa shape index (κ2) is 4.78. The van der Waals surface area contributed by atoms with Crippen LogP contribution in [0.1, 0.15) is 16.7 Å². The summed E-state index contributed by atoms with van der Waals surface area (Å²) in [5, 5.41) is 9.65. The summed E-state index contributed by atoms with van der Waals surface area (Å²) in [5.41, 5.74) is -5.21. The van der Waals surface area contributed by atoms with Gasteiger partial charge in [-0.25, -0.2) is 0 Å². The molecule has 0 aromatic heterocycles. The lowest BCUT2D eigenvalue weighted by molar-refractivity contribution is -0.0500. The van der Waals surface area contributed by atoms with Crippen LogP contribution in [0.5, 0.6) is 11.5 Å². The smallest absolute Gasteiger partial charge is 0.506 e. The first-order valence-corrected chi connectivity index (χ1v) is 6.78. The highest BCUT2D eigenvalue weighted by Crippen LogP contribution is 2.40. The molecule has 0 radical (unpaired) electrons. The Hall–Kier alpha value is -1.09. The van der Waals surface area contributed by atoms with Crippen molar-refractivity contribution in [3.63, 3.8) is 0 Å². The second-order valence-electron chi connectivity index (χ2n) is 3.88. The third kappa shape index (κ3) is 2.76. The van der Waals surface area contributed by atoms with E-state index in [1.807, 2.05) is 0 Å². The zero-order valence-electron chi connectivity index (χ0n) is 10.2. The van der Waals surface area contributed by atoms with Crippen LogP contribution in [0.15, 0.2) is 4.90 Å². The Morgan fingerprint density at radius 3 is 2.00 bits per heavy atom. The molecule has 0 amide bonds. The molecule has 108 valence electrons. The standard InChI is InChI=1S/C10H11F3O4S2/c1-4-5(2)8(6(3)9(18)7(4)14)17-19(15,16)10(11,12)13/h14,18H,1-3H3.